The van der Waals surface area contributed by atoms with Crippen LogP contribution in [0.4, 0.5) is 10.5 Å². The molecule has 0 atom stereocenters. The number of amides is 1. The van der Waals surface area contributed by atoms with Gasteiger partial charge in [0.05, 0.1) is 5.75 Å². The lowest BCUT2D eigenvalue weighted by Gasteiger charge is -2.19. The number of aryl methyl sites for hydroxylation is 1. The summed E-state index contributed by atoms with van der Waals surface area (Å²) < 4.78 is 30.3. The molecule has 7 heteroatoms. The number of hydrogen-bond donors (Lipinski definition) is 2. The Morgan fingerprint density at radius 2 is 1.78 bits per heavy atom. The maximum Gasteiger partial charge on any atom is 0.412 e. The summed E-state index contributed by atoms with van der Waals surface area (Å²) in [7, 11) is -3.12. The lowest BCUT2D eigenvalue weighted by Crippen LogP contribution is -2.27. The van der Waals surface area contributed by atoms with Gasteiger partial charge < -0.3 is 4.74 Å². The molecule has 0 unspecified atom stereocenters. The van der Waals surface area contributed by atoms with Gasteiger partial charge in [0.2, 0.25) is 10.0 Å². The third-order valence-electron chi connectivity index (χ3n) is 2.94. The first-order valence-corrected chi connectivity index (χ1v) is 9.33. The van der Waals surface area contributed by atoms with Crippen molar-refractivity contribution in [3.05, 3.63) is 29.8 Å². The number of anilines is 1. The van der Waals surface area contributed by atoms with Gasteiger partial charge in [0, 0.05) is 12.2 Å². The van der Waals surface area contributed by atoms with Crippen LogP contribution in [0.2, 0.25) is 0 Å². The Hall–Kier alpha value is -1.60. The van der Waals surface area contributed by atoms with E-state index < -0.39 is 21.7 Å². The second kappa shape index (κ2) is 8.31. The molecular formula is C16H26N2O4S. The fourth-order valence-electron chi connectivity index (χ4n) is 1.80. The molecule has 0 spiro atoms. The maximum absolute atomic E-state index is 11.6. The number of sulfonamides is 1. The Bertz CT molecular complexity index is 604. The first-order valence-electron chi connectivity index (χ1n) is 7.67. The second-order valence-electron chi connectivity index (χ2n) is 6.23. The maximum atomic E-state index is 11.6. The van der Waals surface area contributed by atoms with Gasteiger partial charge in [-0.1, -0.05) is 12.1 Å². The van der Waals surface area contributed by atoms with E-state index in [1.165, 1.54) is 0 Å². The standard InChI is InChI=1S/C16H26N2O4S/c1-5-23(20,21)17-12-6-7-13-8-10-14(11-9-13)18-15(19)22-16(2,3)4/h8-11,17H,5-7,12H2,1-4H3,(H,18,19). The topological polar surface area (TPSA) is 84.5 Å². The van der Waals surface area contributed by atoms with E-state index in [1.807, 2.05) is 32.9 Å². The highest BCUT2D eigenvalue weighted by molar-refractivity contribution is 7.89. The highest BCUT2D eigenvalue weighted by Crippen LogP contribution is 2.13. The van der Waals surface area contributed by atoms with E-state index in [1.54, 1.807) is 19.1 Å². The molecule has 1 aromatic carbocycles. The quantitative estimate of drug-likeness (QED) is 0.746. The fourth-order valence-corrected chi connectivity index (χ4v) is 2.46. The summed E-state index contributed by atoms with van der Waals surface area (Å²) in [5, 5.41) is 2.67. The highest BCUT2D eigenvalue weighted by atomic mass is 32.2. The second-order valence-corrected chi connectivity index (χ2v) is 8.32. The van der Waals surface area contributed by atoms with E-state index in [-0.39, 0.29) is 5.75 Å². The predicted molar refractivity (Wildman–Crippen MR) is 92.1 cm³/mol. The van der Waals surface area contributed by atoms with Crippen LogP contribution in [0.1, 0.15) is 39.7 Å². The third kappa shape index (κ3) is 8.56. The zero-order valence-electron chi connectivity index (χ0n) is 14.2. The van der Waals surface area contributed by atoms with Crippen LogP contribution in [0.15, 0.2) is 24.3 Å². The number of rotatable bonds is 7. The van der Waals surface area contributed by atoms with Crippen LogP contribution in [0.3, 0.4) is 0 Å². The Kier molecular flexibility index (Phi) is 7.02. The zero-order valence-corrected chi connectivity index (χ0v) is 15.0. The van der Waals surface area contributed by atoms with Crippen LogP contribution in [-0.4, -0.2) is 32.4 Å². The van der Waals surface area contributed by atoms with Gasteiger partial charge in [-0.3, -0.25) is 5.32 Å². The molecule has 0 aromatic heterocycles. The largest absolute Gasteiger partial charge is 0.444 e. The normalized spacial score (nSPS) is 12.0. The smallest absolute Gasteiger partial charge is 0.412 e. The van der Waals surface area contributed by atoms with Crippen LogP contribution in [-0.2, 0) is 21.2 Å². The SMILES string of the molecule is CCS(=O)(=O)NCCCc1ccc(NC(=O)OC(C)(C)C)cc1. The number of carbonyl (C=O) groups is 1. The minimum atomic E-state index is -3.12. The molecule has 0 saturated carbocycles. The molecule has 1 aromatic rings. The number of benzene rings is 1. The summed E-state index contributed by atoms with van der Waals surface area (Å²) in [4.78, 5) is 11.6. The van der Waals surface area contributed by atoms with Gasteiger partial charge in [-0.2, -0.15) is 0 Å². The van der Waals surface area contributed by atoms with Crippen molar-refractivity contribution < 1.29 is 17.9 Å². The van der Waals surface area contributed by atoms with E-state index in [9.17, 15) is 13.2 Å². The molecule has 130 valence electrons. The molecule has 0 heterocycles. The molecule has 6 nitrogen and oxygen atoms in total. The van der Waals surface area contributed by atoms with Crippen LogP contribution in [0.5, 0.6) is 0 Å². The van der Waals surface area contributed by atoms with Gasteiger partial charge in [0.1, 0.15) is 5.60 Å². The minimum Gasteiger partial charge on any atom is -0.444 e. The summed E-state index contributed by atoms with van der Waals surface area (Å²) in [6, 6.07) is 7.41. The van der Waals surface area contributed by atoms with Gasteiger partial charge >= 0.3 is 6.09 Å². The van der Waals surface area contributed by atoms with E-state index in [2.05, 4.69) is 10.0 Å². The van der Waals surface area contributed by atoms with Crippen LogP contribution in [0, 0.1) is 0 Å². The van der Waals surface area contributed by atoms with E-state index >= 15 is 0 Å². The molecule has 0 bridgehead atoms. The number of carbonyl (C=O) groups excluding carboxylic acids is 1. The predicted octanol–water partition coefficient (Wildman–Crippen LogP) is 2.91. The van der Waals surface area contributed by atoms with Gasteiger partial charge in [0.25, 0.3) is 0 Å². The molecule has 0 radical (unpaired) electrons. The summed E-state index contributed by atoms with van der Waals surface area (Å²) in [5.41, 5.74) is 1.21. The lowest BCUT2D eigenvalue weighted by molar-refractivity contribution is 0.0636. The van der Waals surface area contributed by atoms with Gasteiger partial charge in [0.15, 0.2) is 0 Å². The molecule has 0 saturated heterocycles. The average molecular weight is 342 g/mol. The van der Waals surface area contributed by atoms with Crippen molar-refractivity contribution >= 4 is 21.8 Å². The zero-order chi connectivity index (χ0) is 17.5. The molecule has 23 heavy (non-hydrogen) atoms. The van der Waals surface area contributed by atoms with Gasteiger partial charge in [-0.15, -0.1) is 0 Å². The Labute approximate surface area is 138 Å². The fraction of sp³-hybridized carbons (Fsp3) is 0.562. The molecule has 0 fully saturated rings. The highest BCUT2D eigenvalue weighted by Gasteiger charge is 2.16. The van der Waals surface area contributed by atoms with Crippen molar-refractivity contribution in [2.24, 2.45) is 0 Å². The Balaban J connectivity index is 2.40. The van der Waals surface area contributed by atoms with Gasteiger partial charge in [-0.25, -0.2) is 17.9 Å². The first kappa shape index (κ1) is 19.4. The first-order chi connectivity index (χ1) is 10.6. The van der Waals surface area contributed by atoms with E-state index in [4.69, 9.17) is 4.74 Å². The van der Waals surface area contributed by atoms with Crippen LogP contribution < -0.4 is 10.0 Å². The van der Waals surface area contributed by atoms with Crippen molar-refractivity contribution in [2.45, 2.75) is 46.1 Å². The van der Waals surface area contributed by atoms with Crippen molar-refractivity contribution in [2.75, 3.05) is 17.6 Å². The van der Waals surface area contributed by atoms with Crippen molar-refractivity contribution in [3.63, 3.8) is 0 Å². The molecule has 0 aliphatic rings. The van der Waals surface area contributed by atoms with Crippen molar-refractivity contribution in [1.29, 1.82) is 0 Å². The Morgan fingerprint density at radius 3 is 2.30 bits per heavy atom. The summed E-state index contributed by atoms with van der Waals surface area (Å²) >= 11 is 0. The summed E-state index contributed by atoms with van der Waals surface area (Å²) in [6.07, 6.45) is 0.996. The molecule has 1 amide bonds. The summed E-state index contributed by atoms with van der Waals surface area (Å²) in [5.74, 6) is 0.0953. The van der Waals surface area contributed by atoms with Crippen molar-refractivity contribution in [1.82, 2.24) is 4.72 Å². The van der Waals surface area contributed by atoms with E-state index in [0.717, 1.165) is 18.4 Å². The third-order valence-corrected chi connectivity index (χ3v) is 4.35. The van der Waals surface area contributed by atoms with Crippen LogP contribution in [0.25, 0.3) is 0 Å². The minimum absolute atomic E-state index is 0.0953. The lowest BCUT2D eigenvalue weighted by atomic mass is 10.1. The van der Waals surface area contributed by atoms with E-state index in [0.29, 0.717) is 12.2 Å². The molecule has 0 aliphatic heterocycles. The monoisotopic (exact) mass is 342 g/mol. The molecule has 2 N–H and O–H groups in total. The van der Waals surface area contributed by atoms with Gasteiger partial charge in [-0.05, 0) is 58.2 Å². The Morgan fingerprint density at radius 1 is 1.17 bits per heavy atom. The number of nitrogens with one attached hydrogen (secondary N) is 2. The molecule has 1 rings (SSSR count). The average Bonchev–Trinajstić information content (AvgIpc) is 2.43. The number of hydrogen-bond acceptors (Lipinski definition) is 4. The molecule has 0 aliphatic carbocycles. The molecular weight excluding hydrogens is 316 g/mol. The van der Waals surface area contributed by atoms with Crippen molar-refractivity contribution in [3.8, 4) is 0 Å². The summed E-state index contributed by atoms with van der Waals surface area (Å²) in [6.45, 7) is 7.46. The number of ether oxygens (including phenoxy) is 1. The van der Waals surface area contributed by atoms with Crippen LogP contribution >= 0.6 is 0 Å².